The molecule has 178 valence electrons. The van der Waals surface area contributed by atoms with Crippen molar-refractivity contribution in [3.63, 3.8) is 0 Å². The molecular weight excluding hydrogens is 470 g/mol. The Morgan fingerprint density at radius 2 is 1.89 bits per heavy atom. The summed E-state index contributed by atoms with van der Waals surface area (Å²) < 4.78 is 0. The number of rotatable bonds is 6. The number of thiophene rings is 1. The number of amides is 1. The molecule has 9 heteroatoms. The summed E-state index contributed by atoms with van der Waals surface area (Å²) in [7, 11) is 0. The van der Waals surface area contributed by atoms with Gasteiger partial charge in [0.2, 0.25) is 5.91 Å². The van der Waals surface area contributed by atoms with Crippen LogP contribution in [-0.2, 0) is 4.79 Å². The normalized spacial score (nSPS) is 11.5. The number of anilines is 1. The third kappa shape index (κ3) is 4.14. The van der Waals surface area contributed by atoms with Gasteiger partial charge >= 0.3 is 0 Å². The Kier molecular flexibility index (Phi) is 5.54. The highest BCUT2D eigenvalue weighted by atomic mass is 32.1. The first-order valence-electron chi connectivity index (χ1n) is 11.7. The molecule has 8 nitrogen and oxygen atoms in total. The summed E-state index contributed by atoms with van der Waals surface area (Å²) >= 11 is 1.65. The minimum Gasteiger partial charge on any atom is -0.353 e. The average molecular weight is 494 g/mol. The van der Waals surface area contributed by atoms with E-state index in [1.54, 1.807) is 29.9 Å². The van der Waals surface area contributed by atoms with Gasteiger partial charge in [0.1, 0.15) is 5.69 Å². The van der Waals surface area contributed by atoms with Crippen molar-refractivity contribution in [2.24, 2.45) is 5.92 Å². The summed E-state index contributed by atoms with van der Waals surface area (Å²) in [6, 6.07) is 10.0. The van der Waals surface area contributed by atoms with Gasteiger partial charge in [-0.1, -0.05) is 13.8 Å². The summed E-state index contributed by atoms with van der Waals surface area (Å²) in [5.74, 6) is 0.256. The van der Waals surface area contributed by atoms with Gasteiger partial charge in [-0.25, -0.2) is 0 Å². The second kappa shape index (κ2) is 9.01. The van der Waals surface area contributed by atoms with Crippen LogP contribution < -0.4 is 5.32 Å². The fourth-order valence-corrected chi connectivity index (χ4v) is 4.96. The van der Waals surface area contributed by atoms with Gasteiger partial charge < -0.3 is 10.3 Å². The molecule has 6 rings (SSSR count). The monoisotopic (exact) mass is 493 g/mol. The number of nitrogens with zero attached hydrogens (tertiary/aromatic N) is 4. The highest BCUT2D eigenvalue weighted by Gasteiger charge is 2.16. The highest BCUT2D eigenvalue weighted by molar-refractivity contribution is 7.08. The Labute approximate surface area is 210 Å². The smallest absolute Gasteiger partial charge is 0.224 e. The molecule has 0 aliphatic carbocycles. The van der Waals surface area contributed by atoms with E-state index in [0.29, 0.717) is 12.1 Å². The lowest BCUT2D eigenvalue weighted by molar-refractivity contribution is -0.116. The van der Waals surface area contributed by atoms with Gasteiger partial charge in [-0.2, -0.15) is 16.4 Å². The van der Waals surface area contributed by atoms with Crippen molar-refractivity contribution in [1.82, 2.24) is 30.1 Å². The van der Waals surface area contributed by atoms with Crippen molar-refractivity contribution >= 4 is 44.7 Å². The maximum atomic E-state index is 12.2. The molecule has 0 atom stereocenters. The van der Waals surface area contributed by atoms with Gasteiger partial charge in [0.25, 0.3) is 0 Å². The van der Waals surface area contributed by atoms with Crippen LogP contribution in [0.4, 0.5) is 5.69 Å². The molecule has 3 N–H and O–H groups in total. The van der Waals surface area contributed by atoms with E-state index in [-0.39, 0.29) is 11.8 Å². The van der Waals surface area contributed by atoms with Crippen LogP contribution in [0.5, 0.6) is 0 Å². The first-order chi connectivity index (χ1) is 17.5. The molecule has 0 saturated heterocycles. The Bertz CT molecular complexity index is 1700. The van der Waals surface area contributed by atoms with Crippen molar-refractivity contribution < 1.29 is 4.79 Å². The topological polar surface area (TPSA) is 112 Å². The first kappa shape index (κ1) is 22.1. The van der Waals surface area contributed by atoms with Crippen molar-refractivity contribution in [2.45, 2.75) is 20.3 Å². The summed E-state index contributed by atoms with van der Waals surface area (Å²) in [6.07, 6.45) is 7.44. The molecule has 6 aromatic heterocycles. The predicted octanol–water partition coefficient (Wildman–Crippen LogP) is 6.28. The lowest BCUT2D eigenvalue weighted by Crippen LogP contribution is -2.13. The van der Waals surface area contributed by atoms with Crippen molar-refractivity contribution in [3.05, 3.63) is 65.9 Å². The quantitative estimate of drug-likeness (QED) is 0.253. The Morgan fingerprint density at radius 3 is 2.72 bits per heavy atom. The number of aromatic nitrogens is 6. The SMILES string of the molecule is CC(C)CC(=O)Nc1cncc(-c2cc3c(-c4cc5c(-c6ccsc6)nccc5[nH]4)n[nH]c3cn2)c1. The Morgan fingerprint density at radius 1 is 1.00 bits per heavy atom. The van der Waals surface area contributed by atoms with E-state index in [9.17, 15) is 4.79 Å². The van der Waals surface area contributed by atoms with Crippen LogP contribution in [0.15, 0.2) is 65.9 Å². The maximum absolute atomic E-state index is 12.2. The summed E-state index contributed by atoms with van der Waals surface area (Å²) in [6.45, 7) is 4.03. The lowest BCUT2D eigenvalue weighted by atomic mass is 10.1. The number of carbonyl (C=O) groups excluding carboxylic acids is 1. The lowest BCUT2D eigenvalue weighted by Gasteiger charge is -2.08. The van der Waals surface area contributed by atoms with Gasteiger partial charge in [-0.3, -0.25) is 24.8 Å². The maximum Gasteiger partial charge on any atom is 0.224 e. The molecule has 0 fully saturated rings. The molecule has 0 saturated carbocycles. The van der Waals surface area contributed by atoms with E-state index in [1.165, 1.54) is 0 Å². The van der Waals surface area contributed by atoms with Crippen molar-refractivity contribution in [1.29, 1.82) is 0 Å². The standard InChI is InChI=1S/C27H23N7OS/c1-15(2)7-25(35)31-18-8-17(11-28-12-18)22-9-20-24(13-30-22)33-34-27(20)23-10-19-21(32-23)3-5-29-26(19)16-4-6-36-14-16/h3-6,8-15,32H,7H2,1-2H3,(H,31,35)(H,33,34). The molecule has 36 heavy (non-hydrogen) atoms. The van der Waals surface area contributed by atoms with E-state index >= 15 is 0 Å². The van der Waals surface area contributed by atoms with Gasteiger partial charge in [0, 0.05) is 51.6 Å². The Balaban J connectivity index is 1.38. The predicted molar refractivity (Wildman–Crippen MR) is 144 cm³/mol. The van der Waals surface area contributed by atoms with Crippen molar-refractivity contribution in [2.75, 3.05) is 5.32 Å². The molecule has 0 aliphatic heterocycles. The zero-order valence-electron chi connectivity index (χ0n) is 19.7. The second-order valence-corrected chi connectivity index (χ2v) is 9.89. The van der Waals surface area contributed by atoms with Gasteiger partial charge in [-0.15, -0.1) is 0 Å². The molecule has 1 amide bonds. The minimum absolute atomic E-state index is 0.0281. The third-order valence-electron chi connectivity index (χ3n) is 5.96. The van der Waals surface area contributed by atoms with Crippen molar-refractivity contribution in [3.8, 4) is 33.9 Å². The number of aromatic amines is 2. The van der Waals surface area contributed by atoms with Crippen LogP contribution in [0.25, 0.3) is 55.7 Å². The molecule has 0 radical (unpaired) electrons. The number of fused-ring (bicyclic) bond motifs is 2. The first-order valence-corrected chi connectivity index (χ1v) is 12.6. The number of H-pyrrole nitrogens is 2. The number of nitrogens with one attached hydrogen (secondary N) is 3. The fourth-order valence-electron chi connectivity index (χ4n) is 4.32. The number of hydrogen-bond acceptors (Lipinski definition) is 6. The van der Waals surface area contributed by atoms with Gasteiger partial charge in [0.05, 0.1) is 40.7 Å². The average Bonchev–Trinajstić information content (AvgIpc) is 3.62. The molecule has 0 spiro atoms. The molecule has 6 heterocycles. The molecule has 0 aliphatic rings. The summed E-state index contributed by atoms with van der Waals surface area (Å²) in [4.78, 5) is 29.2. The minimum atomic E-state index is -0.0281. The van der Waals surface area contributed by atoms with E-state index < -0.39 is 0 Å². The van der Waals surface area contributed by atoms with E-state index in [2.05, 4.69) is 58.3 Å². The molecule has 0 bridgehead atoms. The summed E-state index contributed by atoms with van der Waals surface area (Å²) in [5, 5.41) is 16.7. The fraction of sp³-hybridized carbons (Fsp3) is 0.148. The molecule has 0 aromatic carbocycles. The summed E-state index contributed by atoms with van der Waals surface area (Å²) in [5.41, 5.74) is 7.78. The zero-order chi connectivity index (χ0) is 24.6. The third-order valence-corrected chi connectivity index (χ3v) is 6.64. The van der Waals surface area contributed by atoms with Crippen LogP contribution in [-0.4, -0.2) is 36.0 Å². The second-order valence-electron chi connectivity index (χ2n) is 9.11. The van der Waals surface area contributed by atoms with E-state index in [1.807, 2.05) is 38.2 Å². The number of pyridine rings is 3. The molecule has 0 unspecified atom stereocenters. The van der Waals surface area contributed by atoms with Crippen LogP contribution in [0.2, 0.25) is 0 Å². The Hall–Kier alpha value is -4.37. The van der Waals surface area contributed by atoms with E-state index in [0.717, 1.165) is 55.7 Å². The van der Waals surface area contributed by atoms with E-state index in [4.69, 9.17) is 0 Å². The zero-order valence-corrected chi connectivity index (χ0v) is 20.6. The molecule has 6 aromatic rings. The molecular formula is C27H23N7OS. The number of carbonyl (C=O) groups is 1. The number of hydrogen-bond donors (Lipinski definition) is 3. The van der Waals surface area contributed by atoms with Crippen LogP contribution in [0.1, 0.15) is 20.3 Å². The van der Waals surface area contributed by atoms with Crippen LogP contribution in [0.3, 0.4) is 0 Å². The van der Waals surface area contributed by atoms with Crippen LogP contribution >= 0.6 is 11.3 Å². The van der Waals surface area contributed by atoms with Gasteiger partial charge in [-0.05, 0) is 41.6 Å². The highest BCUT2D eigenvalue weighted by Crippen LogP contribution is 2.34. The van der Waals surface area contributed by atoms with Crippen LogP contribution in [0, 0.1) is 5.92 Å². The largest absolute Gasteiger partial charge is 0.353 e. The van der Waals surface area contributed by atoms with Gasteiger partial charge in [0.15, 0.2) is 0 Å².